The summed E-state index contributed by atoms with van der Waals surface area (Å²) in [7, 11) is 0. The van der Waals surface area contributed by atoms with Crippen molar-refractivity contribution in [3.63, 3.8) is 0 Å². The molecule has 0 aliphatic heterocycles. The quantitative estimate of drug-likeness (QED) is 0.871. The summed E-state index contributed by atoms with van der Waals surface area (Å²) in [5.41, 5.74) is 2.12. The largest absolute Gasteiger partial charge is 0.305 e. The van der Waals surface area contributed by atoms with Crippen molar-refractivity contribution in [2.24, 2.45) is 0 Å². The van der Waals surface area contributed by atoms with Gasteiger partial charge in [-0.15, -0.1) is 0 Å². The molecule has 1 N–H and O–H groups in total. The molecule has 94 valence electrons. The molecule has 2 nitrogen and oxygen atoms in total. The highest BCUT2D eigenvalue weighted by Gasteiger charge is 2.09. The molecule has 0 bridgehead atoms. The summed E-state index contributed by atoms with van der Waals surface area (Å²) in [6.07, 6.45) is 2.19. The third-order valence-corrected chi connectivity index (χ3v) is 2.91. The lowest BCUT2D eigenvalue weighted by Gasteiger charge is -2.16. The average Bonchev–Trinajstić information content (AvgIpc) is 2.42. The van der Waals surface area contributed by atoms with Gasteiger partial charge in [0.25, 0.3) is 0 Å². The maximum Gasteiger partial charge on any atom is 0.141 e. The van der Waals surface area contributed by atoms with Gasteiger partial charge >= 0.3 is 0 Å². The van der Waals surface area contributed by atoms with E-state index in [1.165, 1.54) is 17.8 Å². The molecular weight excluding hydrogens is 227 g/mol. The topological polar surface area (TPSA) is 24.9 Å². The minimum absolute atomic E-state index is 0.158. The third-order valence-electron chi connectivity index (χ3n) is 2.91. The Labute approximate surface area is 107 Å². The van der Waals surface area contributed by atoms with Crippen LogP contribution in [-0.2, 0) is 6.54 Å². The summed E-state index contributed by atoms with van der Waals surface area (Å²) in [4.78, 5) is 4.12. The maximum absolute atomic E-state index is 12.8. The number of rotatable bonds is 5. The number of aromatic nitrogens is 1. The van der Waals surface area contributed by atoms with Crippen LogP contribution in [0.25, 0.3) is 0 Å². The zero-order chi connectivity index (χ0) is 12.8. The molecular formula is C15H17FN2. The van der Waals surface area contributed by atoms with Crippen LogP contribution in [0.15, 0.2) is 48.7 Å². The van der Waals surface area contributed by atoms with Crippen LogP contribution in [0.3, 0.4) is 0 Å². The highest BCUT2D eigenvalue weighted by atomic mass is 19.1. The van der Waals surface area contributed by atoms with Gasteiger partial charge in [0.2, 0.25) is 0 Å². The lowest BCUT2D eigenvalue weighted by Crippen LogP contribution is -2.21. The number of hydrogen-bond acceptors (Lipinski definition) is 2. The van der Waals surface area contributed by atoms with Gasteiger partial charge in [0, 0.05) is 12.6 Å². The van der Waals surface area contributed by atoms with Gasteiger partial charge in [0.1, 0.15) is 5.82 Å². The molecule has 0 spiro atoms. The average molecular weight is 244 g/mol. The predicted molar refractivity (Wildman–Crippen MR) is 70.5 cm³/mol. The molecule has 1 aromatic heterocycles. The van der Waals surface area contributed by atoms with Crippen LogP contribution in [0.4, 0.5) is 4.39 Å². The van der Waals surface area contributed by atoms with E-state index in [-0.39, 0.29) is 11.9 Å². The molecule has 0 aliphatic rings. The van der Waals surface area contributed by atoms with E-state index >= 15 is 0 Å². The van der Waals surface area contributed by atoms with Gasteiger partial charge in [-0.3, -0.25) is 4.98 Å². The van der Waals surface area contributed by atoms with Gasteiger partial charge < -0.3 is 5.32 Å². The fourth-order valence-electron chi connectivity index (χ4n) is 1.89. The minimum Gasteiger partial charge on any atom is -0.305 e. The highest BCUT2D eigenvalue weighted by Crippen LogP contribution is 2.15. The molecule has 2 rings (SSSR count). The summed E-state index contributed by atoms with van der Waals surface area (Å²) in [5.74, 6) is -0.295. The second-order valence-electron chi connectivity index (χ2n) is 4.23. The number of pyridine rings is 1. The van der Waals surface area contributed by atoms with Crippen LogP contribution in [0.5, 0.6) is 0 Å². The first-order valence-corrected chi connectivity index (χ1v) is 6.18. The fourth-order valence-corrected chi connectivity index (χ4v) is 1.89. The number of benzene rings is 1. The van der Waals surface area contributed by atoms with Gasteiger partial charge in [0.05, 0.1) is 11.9 Å². The normalized spacial score (nSPS) is 12.3. The van der Waals surface area contributed by atoms with E-state index in [1.54, 1.807) is 6.07 Å². The zero-order valence-electron chi connectivity index (χ0n) is 10.4. The Morgan fingerprint density at radius 1 is 1.17 bits per heavy atom. The SMILES string of the molecule is CCC(NCc1ccccc1)c1ccc(F)cn1. The molecule has 1 heterocycles. The Hall–Kier alpha value is -1.74. The second kappa shape index (κ2) is 6.26. The first-order chi connectivity index (χ1) is 8.79. The van der Waals surface area contributed by atoms with Crippen molar-refractivity contribution in [1.29, 1.82) is 0 Å². The van der Waals surface area contributed by atoms with Crippen molar-refractivity contribution in [3.8, 4) is 0 Å². The second-order valence-corrected chi connectivity index (χ2v) is 4.23. The van der Waals surface area contributed by atoms with Crippen LogP contribution in [0, 0.1) is 5.82 Å². The smallest absolute Gasteiger partial charge is 0.141 e. The van der Waals surface area contributed by atoms with E-state index in [4.69, 9.17) is 0 Å². The van der Waals surface area contributed by atoms with Crippen molar-refractivity contribution in [2.75, 3.05) is 0 Å². The molecule has 1 unspecified atom stereocenters. The highest BCUT2D eigenvalue weighted by molar-refractivity contribution is 5.15. The van der Waals surface area contributed by atoms with E-state index in [0.29, 0.717) is 0 Å². The van der Waals surface area contributed by atoms with E-state index in [0.717, 1.165) is 18.7 Å². The number of hydrogen-bond donors (Lipinski definition) is 1. The van der Waals surface area contributed by atoms with Gasteiger partial charge in [0.15, 0.2) is 0 Å². The van der Waals surface area contributed by atoms with Crippen LogP contribution in [-0.4, -0.2) is 4.98 Å². The Bertz CT molecular complexity index is 468. The summed E-state index contributed by atoms with van der Waals surface area (Å²) in [6, 6.07) is 13.6. The summed E-state index contributed by atoms with van der Waals surface area (Å²) in [6.45, 7) is 2.88. The zero-order valence-corrected chi connectivity index (χ0v) is 10.4. The fraction of sp³-hybridized carbons (Fsp3) is 0.267. The van der Waals surface area contributed by atoms with E-state index < -0.39 is 0 Å². The molecule has 3 heteroatoms. The molecule has 0 saturated heterocycles. The lowest BCUT2D eigenvalue weighted by atomic mass is 10.1. The van der Waals surface area contributed by atoms with Gasteiger partial charge in [-0.1, -0.05) is 37.3 Å². The Morgan fingerprint density at radius 2 is 1.94 bits per heavy atom. The first-order valence-electron chi connectivity index (χ1n) is 6.18. The van der Waals surface area contributed by atoms with Crippen LogP contribution < -0.4 is 5.32 Å². The number of nitrogens with one attached hydrogen (secondary N) is 1. The van der Waals surface area contributed by atoms with E-state index in [9.17, 15) is 4.39 Å². The van der Waals surface area contributed by atoms with Gasteiger partial charge in [-0.25, -0.2) is 4.39 Å². The Kier molecular flexibility index (Phi) is 4.42. The van der Waals surface area contributed by atoms with Crippen LogP contribution >= 0.6 is 0 Å². The van der Waals surface area contributed by atoms with Crippen molar-refractivity contribution >= 4 is 0 Å². The standard InChI is InChI=1S/C15H17FN2/c1-2-14(15-9-8-13(16)11-18-15)17-10-12-6-4-3-5-7-12/h3-9,11,14,17H,2,10H2,1H3. The molecule has 18 heavy (non-hydrogen) atoms. The van der Waals surface area contributed by atoms with Gasteiger partial charge in [-0.05, 0) is 24.1 Å². The summed E-state index contributed by atoms with van der Waals surface area (Å²) < 4.78 is 12.8. The lowest BCUT2D eigenvalue weighted by molar-refractivity contribution is 0.504. The van der Waals surface area contributed by atoms with Gasteiger partial charge in [-0.2, -0.15) is 0 Å². The first kappa shape index (κ1) is 12.7. The van der Waals surface area contributed by atoms with Crippen molar-refractivity contribution < 1.29 is 4.39 Å². The number of nitrogens with zero attached hydrogens (tertiary/aromatic N) is 1. The Balaban J connectivity index is 1.99. The van der Waals surface area contributed by atoms with Crippen molar-refractivity contribution in [1.82, 2.24) is 10.3 Å². The maximum atomic E-state index is 12.8. The summed E-state index contributed by atoms with van der Waals surface area (Å²) in [5, 5.41) is 3.44. The molecule has 0 aliphatic carbocycles. The molecule has 0 amide bonds. The van der Waals surface area contributed by atoms with Crippen LogP contribution in [0.2, 0.25) is 0 Å². The van der Waals surface area contributed by atoms with Crippen LogP contribution in [0.1, 0.15) is 30.6 Å². The van der Waals surface area contributed by atoms with E-state index in [1.807, 2.05) is 18.2 Å². The molecule has 0 fully saturated rings. The number of halogens is 1. The molecule has 1 aromatic carbocycles. The minimum atomic E-state index is -0.295. The summed E-state index contributed by atoms with van der Waals surface area (Å²) >= 11 is 0. The van der Waals surface area contributed by atoms with Crippen molar-refractivity contribution in [3.05, 3.63) is 65.7 Å². The molecule has 0 radical (unpaired) electrons. The van der Waals surface area contributed by atoms with E-state index in [2.05, 4.69) is 29.4 Å². The predicted octanol–water partition coefficient (Wildman–Crippen LogP) is 3.46. The van der Waals surface area contributed by atoms with Crippen molar-refractivity contribution in [2.45, 2.75) is 25.9 Å². The molecule has 0 saturated carbocycles. The molecule has 1 atom stereocenters. The third kappa shape index (κ3) is 3.37. The molecule has 2 aromatic rings. The monoisotopic (exact) mass is 244 g/mol. The Morgan fingerprint density at radius 3 is 2.56 bits per heavy atom.